The molecule has 0 spiro atoms. The Balaban J connectivity index is 2.22. The van der Waals surface area contributed by atoms with E-state index in [2.05, 4.69) is 34.6 Å². The summed E-state index contributed by atoms with van der Waals surface area (Å²) in [5, 5.41) is 0. The number of hydrogen-bond donors (Lipinski definition) is 0. The third-order valence-electron chi connectivity index (χ3n) is 5.59. The topological polar surface area (TPSA) is 0 Å². The lowest BCUT2D eigenvalue weighted by Gasteiger charge is -2.34. The summed E-state index contributed by atoms with van der Waals surface area (Å²) >= 11 is 0. The lowest BCUT2D eigenvalue weighted by Crippen LogP contribution is -2.25. The molecule has 2 saturated carbocycles. The molecule has 0 aliphatic heterocycles. The molecule has 5 atom stereocenters. The van der Waals surface area contributed by atoms with Gasteiger partial charge in [0.2, 0.25) is 0 Å². The van der Waals surface area contributed by atoms with Crippen LogP contribution in [0.4, 0.5) is 0 Å². The van der Waals surface area contributed by atoms with Crippen molar-refractivity contribution in [1.29, 1.82) is 0 Å². The van der Waals surface area contributed by atoms with Crippen LogP contribution >= 0.6 is 0 Å². The second-order valence-electron chi connectivity index (χ2n) is 6.02. The second-order valence-corrected chi connectivity index (χ2v) is 6.02. The van der Waals surface area contributed by atoms with E-state index >= 15 is 0 Å². The average Bonchev–Trinajstić information content (AvgIpc) is 2.51. The van der Waals surface area contributed by atoms with Gasteiger partial charge in [0, 0.05) is 0 Å². The lowest BCUT2D eigenvalue weighted by molar-refractivity contribution is 0.157. The molecule has 0 amide bonds. The normalized spacial score (nSPS) is 59.3. The zero-order valence-corrected chi connectivity index (χ0v) is 9.85. The van der Waals surface area contributed by atoms with Gasteiger partial charge < -0.3 is 0 Å². The molecule has 0 aromatic heterocycles. The molecule has 0 radical (unpaired) electrons. The molecule has 76 valence electrons. The first kappa shape index (κ1) is 9.55. The molecule has 0 heterocycles. The maximum Gasteiger partial charge on any atom is -0.0258 e. The zero-order valence-electron chi connectivity index (χ0n) is 9.85. The van der Waals surface area contributed by atoms with E-state index in [1.807, 2.05) is 0 Å². The summed E-state index contributed by atoms with van der Waals surface area (Å²) in [6.45, 7) is 12.3. The molecule has 0 N–H and O–H groups in total. The maximum absolute atomic E-state index is 2.52. The molecule has 2 fully saturated rings. The van der Waals surface area contributed by atoms with Gasteiger partial charge in [-0.15, -0.1) is 0 Å². The Morgan fingerprint density at radius 2 is 1.85 bits per heavy atom. The highest BCUT2D eigenvalue weighted by Crippen LogP contribution is 2.76. The molecular weight excluding hydrogens is 156 g/mol. The van der Waals surface area contributed by atoms with E-state index in [1.165, 1.54) is 19.3 Å². The number of fused-ring (bicyclic) bond motifs is 1. The molecule has 2 rings (SSSR count). The van der Waals surface area contributed by atoms with Gasteiger partial charge in [-0.2, -0.15) is 0 Å². The zero-order chi connectivity index (χ0) is 9.85. The van der Waals surface area contributed by atoms with Gasteiger partial charge in [0.15, 0.2) is 0 Å². The minimum absolute atomic E-state index is 0.667. The Morgan fingerprint density at radius 3 is 2.31 bits per heavy atom. The van der Waals surface area contributed by atoms with Crippen molar-refractivity contribution < 1.29 is 0 Å². The van der Waals surface area contributed by atoms with Gasteiger partial charge in [0.1, 0.15) is 0 Å². The molecular formula is C13H24. The van der Waals surface area contributed by atoms with Crippen LogP contribution in [0, 0.1) is 28.6 Å². The molecule has 0 nitrogen and oxygen atoms in total. The highest BCUT2D eigenvalue weighted by atomic mass is 14.7. The molecule has 5 unspecified atom stereocenters. The molecule has 0 aromatic carbocycles. The molecule has 2 aliphatic carbocycles. The lowest BCUT2D eigenvalue weighted by atomic mass is 9.71. The Bertz CT molecular complexity index is 220. The Hall–Kier alpha value is 0. The predicted molar refractivity (Wildman–Crippen MR) is 57.6 cm³/mol. The van der Waals surface area contributed by atoms with E-state index < -0.39 is 0 Å². The average molecular weight is 180 g/mol. The Morgan fingerprint density at radius 1 is 1.23 bits per heavy atom. The summed E-state index contributed by atoms with van der Waals surface area (Å²) in [7, 11) is 0. The van der Waals surface area contributed by atoms with Gasteiger partial charge >= 0.3 is 0 Å². The van der Waals surface area contributed by atoms with Crippen LogP contribution in [0.5, 0.6) is 0 Å². The molecule has 0 saturated heterocycles. The van der Waals surface area contributed by atoms with Crippen molar-refractivity contribution in [2.24, 2.45) is 28.6 Å². The van der Waals surface area contributed by atoms with Crippen molar-refractivity contribution in [3.8, 4) is 0 Å². The van der Waals surface area contributed by atoms with Gasteiger partial charge in [-0.3, -0.25) is 0 Å². The summed E-state index contributed by atoms with van der Waals surface area (Å²) in [4.78, 5) is 0. The minimum atomic E-state index is 0.667. The monoisotopic (exact) mass is 180 g/mol. The fraction of sp³-hybridized carbons (Fsp3) is 1.00. The summed E-state index contributed by atoms with van der Waals surface area (Å²) in [6.07, 6.45) is 4.26. The van der Waals surface area contributed by atoms with E-state index in [9.17, 15) is 0 Å². The minimum Gasteiger partial charge on any atom is -0.0651 e. The van der Waals surface area contributed by atoms with Crippen molar-refractivity contribution in [3.05, 3.63) is 0 Å². The largest absolute Gasteiger partial charge is 0.0651 e. The molecule has 0 aromatic rings. The number of rotatable bonds is 2. The molecule has 0 heteroatoms. The van der Waals surface area contributed by atoms with Crippen molar-refractivity contribution in [1.82, 2.24) is 0 Å². The van der Waals surface area contributed by atoms with E-state index in [0.29, 0.717) is 5.41 Å². The quantitative estimate of drug-likeness (QED) is 0.600. The van der Waals surface area contributed by atoms with Crippen molar-refractivity contribution >= 4 is 0 Å². The van der Waals surface area contributed by atoms with E-state index in [0.717, 1.165) is 23.2 Å². The van der Waals surface area contributed by atoms with Crippen LogP contribution in [0.1, 0.15) is 53.9 Å². The van der Waals surface area contributed by atoms with Gasteiger partial charge in [0.25, 0.3) is 0 Å². The molecule has 2 aliphatic rings. The molecule has 0 bridgehead atoms. The standard InChI is InChI=1S/C13H24/c1-6-10-11-9(3)13(11,5)8-12(10,4)7-2/h9-11H,6-8H2,1-5H3. The van der Waals surface area contributed by atoms with Gasteiger partial charge in [0.05, 0.1) is 0 Å². The first-order valence-corrected chi connectivity index (χ1v) is 5.99. The van der Waals surface area contributed by atoms with Gasteiger partial charge in [-0.25, -0.2) is 0 Å². The van der Waals surface area contributed by atoms with Gasteiger partial charge in [-0.1, -0.05) is 47.5 Å². The smallest absolute Gasteiger partial charge is 0.0258 e. The van der Waals surface area contributed by atoms with Crippen LogP contribution in [-0.2, 0) is 0 Å². The van der Waals surface area contributed by atoms with E-state index in [-0.39, 0.29) is 0 Å². The summed E-state index contributed by atoms with van der Waals surface area (Å²) in [5.74, 6) is 3.08. The SMILES string of the molecule is CCC1C2C(C)C2(C)CC1(C)CC. The highest BCUT2D eigenvalue weighted by Gasteiger charge is 2.70. The molecule has 13 heavy (non-hydrogen) atoms. The summed E-state index contributed by atoms with van der Waals surface area (Å²) in [5.41, 5.74) is 1.39. The van der Waals surface area contributed by atoms with Crippen molar-refractivity contribution in [2.75, 3.05) is 0 Å². The third-order valence-corrected chi connectivity index (χ3v) is 5.59. The summed E-state index contributed by atoms with van der Waals surface area (Å²) < 4.78 is 0. The first-order chi connectivity index (χ1) is 5.99. The maximum atomic E-state index is 2.52. The predicted octanol–water partition coefficient (Wildman–Crippen LogP) is 4.10. The Kier molecular flexibility index (Phi) is 1.85. The van der Waals surface area contributed by atoms with Crippen LogP contribution in [-0.4, -0.2) is 0 Å². The van der Waals surface area contributed by atoms with Crippen LogP contribution in [0.25, 0.3) is 0 Å². The van der Waals surface area contributed by atoms with Crippen LogP contribution in [0.2, 0.25) is 0 Å². The van der Waals surface area contributed by atoms with Gasteiger partial charge in [-0.05, 0) is 35.0 Å². The van der Waals surface area contributed by atoms with E-state index in [1.54, 1.807) is 0 Å². The van der Waals surface area contributed by atoms with Crippen LogP contribution in [0.15, 0.2) is 0 Å². The fourth-order valence-electron chi connectivity index (χ4n) is 4.49. The second kappa shape index (κ2) is 2.52. The van der Waals surface area contributed by atoms with Crippen molar-refractivity contribution in [2.45, 2.75) is 53.9 Å². The number of hydrogen-bond acceptors (Lipinski definition) is 0. The third kappa shape index (κ3) is 0.980. The first-order valence-electron chi connectivity index (χ1n) is 5.99. The summed E-state index contributed by atoms with van der Waals surface area (Å²) in [6, 6.07) is 0. The van der Waals surface area contributed by atoms with Crippen LogP contribution in [0.3, 0.4) is 0 Å². The van der Waals surface area contributed by atoms with E-state index in [4.69, 9.17) is 0 Å². The van der Waals surface area contributed by atoms with Crippen molar-refractivity contribution in [3.63, 3.8) is 0 Å². The highest BCUT2D eigenvalue weighted by molar-refractivity contribution is 5.18. The Labute approximate surface area is 83.1 Å². The van der Waals surface area contributed by atoms with Crippen LogP contribution < -0.4 is 0 Å². The fourth-order valence-corrected chi connectivity index (χ4v) is 4.49.